The number of carbonyl (C=O) groups excluding carboxylic acids is 1. The van der Waals surface area contributed by atoms with Gasteiger partial charge >= 0.3 is 0 Å². The Labute approximate surface area is 119 Å². The summed E-state index contributed by atoms with van der Waals surface area (Å²) in [6, 6.07) is 0. The van der Waals surface area contributed by atoms with Crippen LogP contribution in [0.3, 0.4) is 0 Å². The molecule has 1 unspecified atom stereocenters. The summed E-state index contributed by atoms with van der Waals surface area (Å²) in [5.74, 6) is 1.91. The van der Waals surface area contributed by atoms with Gasteiger partial charge in [0.1, 0.15) is 0 Å². The van der Waals surface area contributed by atoms with Gasteiger partial charge in [-0.1, -0.05) is 27.2 Å². The van der Waals surface area contributed by atoms with Gasteiger partial charge in [-0.3, -0.25) is 4.79 Å². The monoisotopic (exact) mass is 268 g/mol. The first kappa shape index (κ1) is 16.5. The van der Waals surface area contributed by atoms with Crippen LogP contribution in [0.25, 0.3) is 0 Å². The highest BCUT2D eigenvalue weighted by Crippen LogP contribution is 2.19. The lowest BCUT2D eigenvalue weighted by atomic mass is 9.96. The topological polar surface area (TPSA) is 23.6 Å². The molecule has 0 N–H and O–H groups in total. The molecule has 1 heterocycles. The molecule has 1 atom stereocenters. The highest BCUT2D eigenvalue weighted by atomic mass is 16.2. The van der Waals surface area contributed by atoms with Crippen molar-refractivity contribution in [1.29, 1.82) is 0 Å². The Morgan fingerprint density at radius 3 is 2.47 bits per heavy atom. The second-order valence-electron chi connectivity index (χ2n) is 6.21. The first-order valence-corrected chi connectivity index (χ1v) is 8.03. The average Bonchev–Trinajstić information content (AvgIpc) is 2.44. The smallest absolute Gasteiger partial charge is 0.222 e. The number of hydrogen-bond acceptors (Lipinski definition) is 2. The molecule has 1 saturated heterocycles. The number of nitrogens with zero attached hydrogens (tertiary/aromatic N) is 2. The molecule has 19 heavy (non-hydrogen) atoms. The van der Waals surface area contributed by atoms with E-state index in [4.69, 9.17) is 0 Å². The highest BCUT2D eigenvalue weighted by Gasteiger charge is 2.19. The molecular weight excluding hydrogens is 236 g/mol. The standard InChI is InChI=1S/C16H32N2O/c1-5-15(9-10-17(4)16(19)6-2)13-18-11-7-14(3)8-12-18/h14-15H,5-13H2,1-4H3. The predicted octanol–water partition coefficient (Wildman–Crippen LogP) is 3.00. The van der Waals surface area contributed by atoms with Crippen molar-refractivity contribution in [3.63, 3.8) is 0 Å². The third-order valence-electron chi connectivity index (χ3n) is 4.57. The minimum absolute atomic E-state index is 0.265. The number of carbonyl (C=O) groups is 1. The van der Waals surface area contributed by atoms with Crippen LogP contribution in [-0.4, -0.2) is 48.9 Å². The van der Waals surface area contributed by atoms with Crippen molar-refractivity contribution in [2.45, 2.75) is 52.9 Å². The second-order valence-corrected chi connectivity index (χ2v) is 6.21. The third-order valence-corrected chi connectivity index (χ3v) is 4.57. The zero-order valence-corrected chi connectivity index (χ0v) is 13.3. The van der Waals surface area contributed by atoms with Crippen LogP contribution in [0.4, 0.5) is 0 Å². The quantitative estimate of drug-likeness (QED) is 0.708. The highest BCUT2D eigenvalue weighted by molar-refractivity contribution is 5.75. The minimum atomic E-state index is 0.265. The van der Waals surface area contributed by atoms with Gasteiger partial charge in [-0.2, -0.15) is 0 Å². The average molecular weight is 268 g/mol. The molecule has 112 valence electrons. The van der Waals surface area contributed by atoms with Gasteiger partial charge in [0.2, 0.25) is 5.91 Å². The number of likely N-dealkylation sites (tertiary alicyclic amines) is 1. The molecule has 1 amide bonds. The summed E-state index contributed by atoms with van der Waals surface area (Å²) in [5.41, 5.74) is 0. The van der Waals surface area contributed by atoms with E-state index in [-0.39, 0.29) is 5.91 Å². The van der Waals surface area contributed by atoms with Gasteiger partial charge in [0.15, 0.2) is 0 Å². The molecular formula is C16H32N2O. The molecule has 0 aromatic heterocycles. The lowest BCUT2D eigenvalue weighted by Gasteiger charge is -2.33. The van der Waals surface area contributed by atoms with Crippen molar-refractivity contribution < 1.29 is 4.79 Å². The van der Waals surface area contributed by atoms with Crippen LogP contribution in [0.5, 0.6) is 0 Å². The molecule has 0 saturated carbocycles. The Kier molecular flexibility index (Phi) is 7.44. The van der Waals surface area contributed by atoms with Gasteiger partial charge in [-0.25, -0.2) is 0 Å². The Morgan fingerprint density at radius 2 is 1.95 bits per heavy atom. The second kappa shape index (κ2) is 8.57. The molecule has 1 aliphatic heterocycles. The summed E-state index contributed by atoms with van der Waals surface area (Å²) in [5, 5.41) is 0. The Morgan fingerprint density at radius 1 is 1.32 bits per heavy atom. The van der Waals surface area contributed by atoms with E-state index < -0.39 is 0 Å². The zero-order valence-electron chi connectivity index (χ0n) is 13.3. The first-order chi connectivity index (χ1) is 9.06. The van der Waals surface area contributed by atoms with Crippen LogP contribution in [0, 0.1) is 11.8 Å². The number of rotatable bonds is 7. The van der Waals surface area contributed by atoms with Crippen molar-refractivity contribution >= 4 is 5.91 Å². The van der Waals surface area contributed by atoms with Crippen LogP contribution in [0.1, 0.15) is 52.9 Å². The predicted molar refractivity (Wildman–Crippen MR) is 81.2 cm³/mol. The fourth-order valence-corrected chi connectivity index (χ4v) is 2.81. The fourth-order valence-electron chi connectivity index (χ4n) is 2.81. The van der Waals surface area contributed by atoms with E-state index in [9.17, 15) is 4.79 Å². The Bertz CT molecular complexity index is 259. The van der Waals surface area contributed by atoms with Crippen LogP contribution in [-0.2, 0) is 4.79 Å². The van der Waals surface area contributed by atoms with Gasteiger partial charge in [0, 0.05) is 26.6 Å². The van der Waals surface area contributed by atoms with E-state index in [1.165, 1.54) is 38.9 Å². The normalized spacial score (nSPS) is 19.4. The third kappa shape index (κ3) is 5.94. The SMILES string of the molecule is CCC(=O)N(C)CCC(CC)CN1CCC(C)CC1. The van der Waals surface area contributed by atoms with E-state index in [0.29, 0.717) is 6.42 Å². The van der Waals surface area contributed by atoms with Crippen molar-refractivity contribution in [2.75, 3.05) is 33.2 Å². The summed E-state index contributed by atoms with van der Waals surface area (Å²) in [7, 11) is 1.93. The van der Waals surface area contributed by atoms with Gasteiger partial charge in [0.05, 0.1) is 0 Å². The van der Waals surface area contributed by atoms with Crippen LogP contribution in [0.2, 0.25) is 0 Å². The molecule has 3 nitrogen and oxygen atoms in total. The largest absolute Gasteiger partial charge is 0.346 e. The summed E-state index contributed by atoms with van der Waals surface area (Å²) >= 11 is 0. The van der Waals surface area contributed by atoms with Gasteiger partial charge < -0.3 is 9.80 Å². The summed E-state index contributed by atoms with van der Waals surface area (Å²) in [6.07, 6.45) is 5.69. The van der Waals surface area contributed by atoms with Gasteiger partial charge in [0.25, 0.3) is 0 Å². The molecule has 0 aromatic rings. The molecule has 0 radical (unpaired) electrons. The van der Waals surface area contributed by atoms with Crippen molar-refractivity contribution in [3.05, 3.63) is 0 Å². The molecule has 1 fully saturated rings. The van der Waals surface area contributed by atoms with Crippen LogP contribution >= 0.6 is 0 Å². The summed E-state index contributed by atoms with van der Waals surface area (Å²) < 4.78 is 0. The lowest BCUT2D eigenvalue weighted by Crippen LogP contribution is -2.37. The minimum Gasteiger partial charge on any atom is -0.346 e. The molecule has 0 aromatic carbocycles. The Hall–Kier alpha value is -0.570. The molecule has 1 rings (SSSR count). The van der Waals surface area contributed by atoms with E-state index in [1.54, 1.807) is 0 Å². The zero-order chi connectivity index (χ0) is 14.3. The van der Waals surface area contributed by atoms with Gasteiger partial charge in [-0.05, 0) is 44.2 Å². The van der Waals surface area contributed by atoms with E-state index >= 15 is 0 Å². The molecule has 3 heteroatoms. The van der Waals surface area contributed by atoms with Crippen molar-refractivity contribution in [3.8, 4) is 0 Å². The molecule has 0 spiro atoms. The van der Waals surface area contributed by atoms with Crippen LogP contribution in [0.15, 0.2) is 0 Å². The van der Waals surface area contributed by atoms with Crippen molar-refractivity contribution in [2.24, 2.45) is 11.8 Å². The summed E-state index contributed by atoms with van der Waals surface area (Å²) in [4.78, 5) is 16.1. The van der Waals surface area contributed by atoms with E-state index in [2.05, 4.69) is 18.7 Å². The van der Waals surface area contributed by atoms with Gasteiger partial charge in [-0.15, -0.1) is 0 Å². The van der Waals surface area contributed by atoms with E-state index in [0.717, 1.165) is 24.8 Å². The lowest BCUT2D eigenvalue weighted by molar-refractivity contribution is -0.129. The van der Waals surface area contributed by atoms with Crippen LogP contribution < -0.4 is 0 Å². The number of piperidine rings is 1. The maximum atomic E-state index is 11.6. The Balaban J connectivity index is 2.27. The summed E-state index contributed by atoms with van der Waals surface area (Å²) in [6.45, 7) is 11.2. The molecule has 0 bridgehead atoms. The number of hydrogen-bond donors (Lipinski definition) is 0. The molecule has 1 aliphatic rings. The first-order valence-electron chi connectivity index (χ1n) is 8.03. The molecule has 0 aliphatic carbocycles. The maximum absolute atomic E-state index is 11.6. The number of amides is 1. The van der Waals surface area contributed by atoms with E-state index in [1.807, 2.05) is 18.9 Å². The fraction of sp³-hybridized carbons (Fsp3) is 0.938. The maximum Gasteiger partial charge on any atom is 0.222 e. The van der Waals surface area contributed by atoms with Crippen molar-refractivity contribution in [1.82, 2.24) is 9.80 Å².